The van der Waals surface area contributed by atoms with Crippen molar-refractivity contribution in [1.29, 1.82) is 0 Å². The predicted molar refractivity (Wildman–Crippen MR) is 115 cm³/mol. The summed E-state index contributed by atoms with van der Waals surface area (Å²) in [5, 5.41) is 9.29. The van der Waals surface area contributed by atoms with Crippen molar-refractivity contribution in [2.45, 2.75) is 32.5 Å². The minimum Gasteiger partial charge on any atom is -0.272 e. The number of hydrazone groups is 1. The SMILES string of the molecule is Cc1cc(C)nc(SCC(=O)N/N=C/c2c(C)nn(Cc3ccc(F)cc3)c2Cl)n1. The van der Waals surface area contributed by atoms with E-state index in [-0.39, 0.29) is 17.5 Å². The zero-order chi connectivity index (χ0) is 21.7. The zero-order valence-corrected chi connectivity index (χ0v) is 18.3. The third-order valence-electron chi connectivity index (χ3n) is 4.03. The summed E-state index contributed by atoms with van der Waals surface area (Å²) in [5.41, 5.74) is 6.30. The molecular weight excluding hydrogens is 427 g/mol. The highest BCUT2D eigenvalue weighted by molar-refractivity contribution is 7.99. The molecule has 1 aromatic carbocycles. The Morgan fingerprint density at radius 3 is 2.57 bits per heavy atom. The van der Waals surface area contributed by atoms with E-state index in [2.05, 4.69) is 25.6 Å². The summed E-state index contributed by atoms with van der Waals surface area (Å²) in [6.07, 6.45) is 1.46. The van der Waals surface area contributed by atoms with Gasteiger partial charge in [0, 0.05) is 11.4 Å². The molecule has 0 bridgehead atoms. The van der Waals surface area contributed by atoms with Gasteiger partial charge in [-0.3, -0.25) is 4.79 Å². The monoisotopic (exact) mass is 446 g/mol. The van der Waals surface area contributed by atoms with Gasteiger partial charge in [-0.25, -0.2) is 24.5 Å². The highest BCUT2D eigenvalue weighted by Gasteiger charge is 2.12. The Bertz CT molecular complexity index is 1060. The van der Waals surface area contributed by atoms with Crippen LogP contribution >= 0.6 is 23.4 Å². The molecule has 7 nitrogen and oxygen atoms in total. The second kappa shape index (κ2) is 9.82. The summed E-state index contributed by atoms with van der Waals surface area (Å²) in [7, 11) is 0. The molecule has 0 saturated carbocycles. The van der Waals surface area contributed by atoms with Crippen molar-refractivity contribution in [3.8, 4) is 0 Å². The van der Waals surface area contributed by atoms with E-state index in [0.29, 0.717) is 28.1 Å². The Labute approximate surface area is 182 Å². The molecule has 0 atom stereocenters. The quantitative estimate of drug-likeness (QED) is 0.259. The number of amides is 1. The molecule has 0 aliphatic heterocycles. The van der Waals surface area contributed by atoms with Crippen LogP contribution in [0.1, 0.15) is 28.2 Å². The van der Waals surface area contributed by atoms with Crippen LogP contribution in [0, 0.1) is 26.6 Å². The van der Waals surface area contributed by atoms with Gasteiger partial charge in [0.25, 0.3) is 5.91 Å². The molecule has 0 saturated heterocycles. The lowest BCUT2D eigenvalue weighted by Crippen LogP contribution is -2.20. The maximum absolute atomic E-state index is 13.1. The number of hydrogen-bond donors (Lipinski definition) is 1. The van der Waals surface area contributed by atoms with Gasteiger partial charge in [-0.05, 0) is 44.5 Å². The number of nitrogens with zero attached hydrogens (tertiary/aromatic N) is 5. The fourth-order valence-electron chi connectivity index (χ4n) is 2.67. The second-order valence-corrected chi connectivity index (χ2v) is 7.89. The zero-order valence-electron chi connectivity index (χ0n) is 16.7. The van der Waals surface area contributed by atoms with Crippen molar-refractivity contribution in [3.05, 3.63) is 69.5 Å². The van der Waals surface area contributed by atoms with Gasteiger partial charge in [0.2, 0.25) is 0 Å². The van der Waals surface area contributed by atoms with Gasteiger partial charge in [-0.15, -0.1) is 0 Å². The largest absolute Gasteiger partial charge is 0.272 e. The number of benzene rings is 1. The molecular formula is C20H20ClFN6OS. The highest BCUT2D eigenvalue weighted by atomic mass is 35.5. The molecule has 1 N–H and O–H groups in total. The molecule has 0 aliphatic carbocycles. The standard InChI is InChI=1S/C20H20ClFN6OS/c1-12-8-13(2)25-20(24-12)30-11-18(29)26-23-9-17-14(3)27-28(19(17)21)10-15-4-6-16(22)7-5-15/h4-9H,10-11H2,1-3H3,(H,26,29)/b23-9+. The molecule has 2 aromatic heterocycles. The van der Waals surface area contributed by atoms with Crippen molar-refractivity contribution < 1.29 is 9.18 Å². The maximum atomic E-state index is 13.1. The van der Waals surface area contributed by atoms with Crippen molar-refractivity contribution in [2.24, 2.45) is 5.10 Å². The summed E-state index contributed by atoms with van der Waals surface area (Å²) in [4.78, 5) is 20.6. The van der Waals surface area contributed by atoms with E-state index in [4.69, 9.17) is 11.6 Å². The number of hydrogen-bond acceptors (Lipinski definition) is 6. The Balaban J connectivity index is 1.58. The van der Waals surface area contributed by atoms with Crippen LogP contribution < -0.4 is 5.43 Å². The van der Waals surface area contributed by atoms with Crippen molar-refractivity contribution >= 4 is 35.5 Å². The van der Waals surface area contributed by atoms with Crippen LogP contribution in [0.2, 0.25) is 5.15 Å². The minimum atomic E-state index is -0.299. The summed E-state index contributed by atoms with van der Waals surface area (Å²) in [5.74, 6) is -0.449. The average Bonchev–Trinajstić information content (AvgIpc) is 2.95. The molecule has 3 aromatic rings. The van der Waals surface area contributed by atoms with Gasteiger partial charge in [0.05, 0.1) is 29.8 Å². The molecule has 0 unspecified atom stereocenters. The van der Waals surface area contributed by atoms with E-state index in [9.17, 15) is 9.18 Å². The van der Waals surface area contributed by atoms with Gasteiger partial charge in [0.1, 0.15) is 11.0 Å². The van der Waals surface area contributed by atoms with Crippen molar-refractivity contribution in [2.75, 3.05) is 5.75 Å². The molecule has 0 spiro atoms. The van der Waals surface area contributed by atoms with Crippen LogP contribution in [-0.2, 0) is 11.3 Å². The topological polar surface area (TPSA) is 85.1 Å². The lowest BCUT2D eigenvalue weighted by atomic mass is 10.2. The Kier molecular flexibility index (Phi) is 7.17. The number of nitrogens with one attached hydrogen (secondary N) is 1. The van der Waals surface area contributed by atoms with Crippen LogP contribution in [0.5, 0.6) is 0 Å². The number of carbonyl (C=O) groups is 1. The lowest BCUT2D eigenvalue weighted by molar-refractivity contribution is -0.118. The van der Waals surface area contributed by atoms with E-state index in [0.717, 1.165) is 17.0 Å². The summed E-state index contributed by atoms with van der Waals surface area (Å²) >= 11 is 7.64. The molecule has 0 fully saturated rings. The predicted octanol–water partition coefficient (Wildman–Crippen LogP) is 3.68. The Morgan fingerprint density at radius 2 is 1.90 bits per heavy atom. The number of aromatic nitrogens is 4. The molecule has 1 amide bonds. The summed E-state index contributed by atoms with van der Waals surface area (Å²) in [6.45, 7) is 5.95. The minimum absolute atomic E-state index is 0.136. The number of rotatable bonds is 7. The first-order chi connectivity index (χ1) is 14.3. The maximum Gasteiger partial charge on any atom is 0.250 e. The van der Waals surface area contributed by atoms with E-state index in [1.54, 1.807) is 23.7 Å². The molecule has 30 heavy (non-hydrogen) atoms. The summed E-state index contributed by atoms with van der Waals surface area (Å²) < 4.78 is 14.7. The smallest absolute Gasteiger partial charge is 0.250 e. The number of carbonyl (C=O) groups excluding carboxylic acids is 1. The molecule has 0 aliphatic rings. The molecule has 0 radical (unpaired) electrons. The number of halogens is 2. The van der Waals surface area contributed by atoms with E-state index < -0.39 is 0 Å². The van der Waals surface area contributed by atoms with Crippen LogP contribution in [0.15, 0.2) is 40.6 Å². The number of aryl methyl sites for hydroxylation is 3. The van der Waals surface area contributed by atoms with Crippen molar-refractivity contribution in [3.63, 3.8) is 0 Å². The third-order valence-corrected chi connectivity index (χ3v) is 5.28. The molecule has 10 heteroatoms. The first-order valence-electron chi connectivity index (χ1n) is 9.06. The first kappa shape index (κ1) is 21.9. The molecule has 2 heterocycles. The number of thioether (sulfide) groups is 1. The Morgan fingerprint density at radius 1 is 1.23 bits per heavy atom. The fourth-order valence-corrected chi connectivity index (χ4v) is 3.70. The van der Waals surface area contributed by atoms with Gasteiger partial charge in [-0.1, -0.05) is 35.5 Å². The average molecular weight is 447 g/mol. The molecule has 3 rings (SSSR count). The summed E-state index contributed by atoms with van der Waals surface area (Å²) in [6, 6.07) is 8.00. The van der Waals surface area contributed by atoms with E-state index in [1.165, 1.54) is 30.1 Å². The van der Waals surface area contributed by atoms with Gasteiger partial charge >= 0.3 is 0 Å². The van der Waals surface area contributed by atoms with Gasteiger partial charge in [-0.2, -0.15) is 10.2 Å². The van der Waals surface area contributed by atoms with Crippen LogP contribution in [0.3, 0.4) is 0 Å². The normalized spacial score (nSPS) is 11.2. The van der Waals surface area contributed by atoms with E-state index in [1.807, 2.05) is 19.9 Å². The van der Waals surface area contributed by atoms with Crippen molar-refractivity contribution in [1.82, 2.24) is 25.2 Å². The van der Waals surface area contributed by atoms with Crippen LogP contribution in [0.4, 0.5) is 4.39 Å². The van der Waals surface area contributed by atoms with E-state index >= 15 is 0 Å². The fraction of sp³-hybridized carbons (Fsp3) is 0.250. The Hall–Kier alpha value is -2.78. The van der Waals surface area contributed by atoms with Gasteiger partial charge < -0.3 is 0 Å². The van der Waals surface area contributed by atoms with Crippen LogP contribution in [-0.4, -0.2) is 37.6 Å². The lowest BCUT2D eigenvalue weighted by Gasteiger charge is -2.03. The second-order valence-electron chi connectivity index (χ2n) is 6.59. The highest BCUT2D eigenvalue weighted by Crippen LogP contribution is 2.19. The third kappa shape index (κ3) is 5.87. The van der Waals surface area contributed by atoms with Gasteiger partial charge in [0.15, 0.2) is 5.16 Å². The first-order valence-corrected chi connectivity index (χ1v) is 10.4. The molecule has 156 valence electrons. The van der Waals surface area contributed by atoms with Crippen LogP contribution in [0.25, 0.3) is 0 Å².